The van der Waals surface area contributed by atoms with Crippen LogP contribution < -0.4 is 10.6 Å². The molecule has 1 rings (SSSR count). The zero-order chi connectivity index (χ0) is 13.6. The van der Waals surface area contributed by atoms with Crippen LogP contribution in [0.2, 0.25) is 0 Å². The van der Waals surface area contributed by atoms with Gasteiger partial charge in [0.05, 0.1) is 0 Å². The molecule has 1 atom stereocenters. The van der Waals surface area contributed by atoms with Crippen LogP contribution >= 0.6 is 0 Å². The molecule has 0 aromatic carbocycles. The maximum absolute atomic E-state index is 12.0. The van der Waals surface area contributed by atoms with E-state index in [9.17, 15) is 9.59 Å². The van der Waals surface area contributed by atoms with E-state index in [1.807, 2.05) is 13.0 Å². The van der Waals surface area contributed by atoms with Crippen LogP contribution in [-0.4, -0.2) is 48.8 Å². The summed E-state index contributed by atoms with van der Waals surface area (Å²) in [7, 11) is 0. The van der Waals surface area contributed by atoms with E-state index in [2.05, 4.69) is 29.4 Å². The van der Waals surface area contributed by atoms with Crippen molar-refractivity contribution >= 4 is 12.2 Å². The largest absolute Gasteiger partial charge is 0.369 e. The van der Waals surface area contributed by atoms with Crippen molar-refractivity contribution in [3.05, 3.63) is 11.8 Å². The topological polar surface area (TPSA) is 61.4 Å². The van der Waals surface area contributed by atoms with Crippen molar-refractivity contribution in [1.29, 1.82) is 0 Å². The van der Waals surface area contributed by atoms with Crippen molar-refractivity contribution in [2.45, 2.75) is 32.7 Å². The Balaban J connectivity index is 2.43. The SMILES string of the molecule is CCN(CC)CCNC(=O)C1(C=O)CC=C(C)N1. The zero-order valence-corrected chi connectivity index (χ0v) is 11.5. The minimum Gasteiger partial charge on any atom is -0.369 e. The van der Waals surface area contributed by atoms with Crippen LogP contribution in [-0.2, 0) is 9.59 Å². The highest BCUT2D eigenvalue weighted by Gasteiger charge is 2.40. The lowest BCUT2D eigenvalue weighted by Crippen LogP contribution is -2.56. The molecule has 5 heteroatoms. The van der Waals surface area contributed by atoms with Gasteiger partial charge in [0, 0.05) is 25.2 Å². The monoisotopic (exact) mass is 253 g/mol. The number of allylic oxidation sites excluding steroid dienone is 1. The predicted molar refractivity (Wildman–Crippen MR) is 71.1 cm³/mol. The average Bonchev–Trinajstić information content (AvgIpc) is 2.77. The van der Waals surface area contributed by atoms with Crippen LogP contribution in [0.4, 0.5) is 0 Å². The van der Waals surface area contributed by atoms with E-state index in [0.717, 1.165) is 25.3 Å². The fourth-order valence-electron chi connectivity index (χ4n) is 2.07. The van der Waals surface area contributed by atoms with E-state index >= 15 is 0 Å². The quantitative estimate of drug-likeness (QED) is 0.505. The van der Waals surface area contributed by atoms with E-state index < -0.39 is 5.54 Å². The van der Waals surface area contributed by atoms with Crippen molar-refractivity contribution in [2.75, 3.05) is 26.2 Å². The van der Waals surface area contributed by atoms with Crippen molar-refractivity contribution in [2.24, 2.45) is 0 Å². The Hall–Kier alpha value is -1.36. The number of hydrogen-bond donors (Lipinski definition) is 2. The van der Waals surface area contributed by atoms with Gasteiger partial charge in [-0.2, -0.15) is 0 Å². The average molecular weight is 253 g/mol. The van der Waals surface area contributed by atoms with E-state index in [-0.39, 0.29) is 5.91 Å². The van der Waals surface area contributed by atoms with Gasteiger partial charge < -0.3 is 20.3 Å². The Bertz CT molecular complexity index is 337. The summed E-state index contributed by atoms with van der Waals surface area (Å²) in [6, 6.07) is 0. The van der Waals surface area contributed by atoms with Gasteiger partial charge in [-0.15, -0.1) is 0 Å². The van der Waals surface area contributed by atoms with Crippen LogP contribution in [0.3, 0.4) is 0 Å². The third kappa shape index (κ3) is 3.32. The third-order valence-electron chi connectivity index (χ3n) is 3.36. The van der Waals surface area contributed by atoms with Gasteiger partial charge in [-0.25, -0.2) is 0 Å². The Labute approximate surface area is 109 Å². The first-order valence-electron chi connectivity index (χ1n) is 6.50. The molecule has 0 saturated carbocycles. The number of nitrogens with zero attached hydrogens (tertiary/aromatic N) is 1. The van der Waals surface area contributed by atoms with Crippen LogP contribution in [0.25, 0.3) is 0 Å². The molecule has 1 amide bonds. The number of likely N-dealkylation sites (N-methyl/N-ethyl adjacent to an activating group) is 1. The number of amides is 1. The molecule has 18 heavy (non-hydrogen) atoms. The fourth-order valence-corrected chi connectivity index (χ4v) is 2.07. The maximum Gasteiger partial charge on any atom is 0.253 e. The van der Waals surface area contributed by atoms with Crippen LogP contribution in [0.1, 0.15) is 27.2 Å². The molecular weight excluding hydrogens is 230 g/mol. The highest BCUT2D eigenvalue weighted by atomic mass is 16.2. The number of nitrogens with one attached hydrogen (secondary N) is 2. The zero-order valence-electron chi connectivity index (χ0n) is 11.5. The molecule has 0 aromatic rings. The van der Waals surface area contributed by atoms with Gasteiger partial charge >= 0.3 is 0 Å². The van der Waals surface area contributed by atoms with Gasteiger partial charge in [0.15, 0.2) is 11.8 Å². The van der Waals surface area contributed by atoms with Gasteiger partial charge in [0.2, 0.25) is 0 Å². The van der Waals surface area contributed by atoms with E-state index in [1.165, 1.54) is 0 Å². The number of carbonyl (C=O) groups is 2. The molecule has 0 radical (unpaired) electrons. The number of carbonyl (C=O) groups excluding carboxylic acids is 2. The maximum atomic E-state index is 12.0. The molecule has 1 unspecified atom stereocenters. The van der Waals surface area contributed by atoms with Gasteiger partial charge in [-0.3, -0.25) is 4.79 Å². The Kier molecular flexibility index (Phi) is 5.34. The third-order valence-corrected chi connectivity index (χ3v) is 3.36. The summed E-state index contributed by atoms with van der Waals surface area (Å²) >= 11 is 0. The summed E-state index contributed by atoms with van der Waals surface area (Å²) in [5.41, 5.74) is -0.214. The molecule has 0 saturated heterocycles. The molecule has 0 bridgehead atoms. The first-order chi connectivity index (χ1) is 8.57. The minimum absolute atomic E-state index is 0.238. The van der Waals surface area contributed by atoms with Crippen LogP contribution in [0.5, 0.6) is 0 Å². The summed E-state index contributed by atoms with van der Waals surface area (Å²) in [6.45, 7) is 9.33. The van der Waals surface area contributed by atoms with Crippen molar-refractivity contribution in [1.82, 2.24) is 15.5 Å². The highest BCUT2D eigenvalue weighted by molar-refractivity contribution is 6.02. The molecule has 0 aliphatic carbocycles. The standard InChI is InChI=1S/C13H23N3O2/c1-4-16(5-2)9-8-14-12(18)13(10-17)7-6-11(3)15-13/h6,10,15H,4-5,7-9H2,1-3H3,(H,14,18). The van der Waals surface area contributed by atoms with Crippen molar-refractivity contribution in [3.63, 3.8) is 0 Å². The summed E-state index contributed by atoms with van der Waals surface area (Å²) < 4.78 is 0. The fraction of sp³-hybridized carbons (Fsp3) is 0.692. The lowest BCUT2D eigenvalue weighted by Gasteiger charge is -2.24. The summed E-state index contributed by atoms with van der Waals surface area (Å²) in [5.74, 6) is -0.238. The normalized spacial score (nSPS) is 22.6. The number of hydrogen-bond acceptors (Lipinski definition) is 4. The van der Waals surface area contributed by atoms with E-state index in [0.29, 0.717) is 19.3 Å². The van der Waals surface area contributed by atoms with Crippen molar-refractivity contribution in [3.8, 4) is 0 Å². The molecule has 1 aliphatic rings. The second-order valence-electron chi connectivity index (χ2n) is 4.59. The molecule has 2 N–H and O–H groups in total. The lowest BCUT2D eigenvalue weighted by molar-refractivity contribution is -0.131. The second-order valence-corrected chi connectivity index (χ2v) is 4.59. The van der Waals surface area contributed by atoms with Gasteiger partial charge in [-0.05, 0) is 20.0 Å². The second kappa shape index (κ2) is 6.54. The van der Waals surface area contributed by atoms with Crippen LogP contribution in [0, 0.1) is 0 Å². The molecule has 102 valence electrons. The first kappa shape index (κ1) is 14.7. The van der Waals surface area contributed by atoms with Gasteiger partial charge in [-0.1, -0.05) is 19.9 Å². The number of rotatable bonds is 7. The van der Waals surface area contributed by atoms with Gasteiger partial charge in [0.25, 0.3) is 5.91 Å². The Morgan fingerprint density at radius 3 is 2.67 bits per heavy atom. The minimum atomic E-state index is -1.09. The summed E-state index contributed by atoms with van der Waals surface area (Å²) in [5, 5.41) is 5.78. The van der Waals surface area contributed by atoms with Gasteiger partial charge in [0.1, 0.15) is 0 Å². The van der Waals surface area contributed by atoms with Crippen molar-refractivity contribution < 1.29 is 9.59 Å². The molecule has 0 spiro atoms. The first-order valence-corrected chi connectivity index (χ1v) is 6.50. The molecule has 1 aliphatic heterocycles. The Morgan fingerprint density at radius 1 is 1.56 bits per heavy atom. The molecule has 0 fully saturated rings. The molecule has 5 nitrogen and oxygen atoms in total. The van der Waals surface area contributed by atoms with E-state index in [1.54, 1.807) is 0 Å². The van der Waals surface area contributed by atoms with Crippen LogP contribution in [0.15, 0.2) is 11.8 Å². The molecule has 1 heterocycles. The smallest absolute Gasteiger partial charge is 0.253 e. The lowest BCUT2D eigenvalue weighted by atomic mass is 9.99. The number of aldehydes is 1. The Morgan fingerprint density at radius 2 is 2.22 bits per heavy atom. The summed E-state index contributed by atoms with van der Waals surface area (Å²) in [4.78, 5) is 25.4. The predicted octanol–water partition coefficient (Wildman–Crippen LogP) is 0.279. The highest BCUT2D eigenvalue weighted by Crippen LogP contribution is 2.18. The molecular formula is C13H23N3O2. The summed E-state index contributed by atoms with van der Waals surface area (Å²) in [6.07, 6.45) is 3.00. The van der Waals surface area contributed by atoms with E-state index in [4.69, 9.17) is 0 Å². The molecule has 0 aromatic heterocycles.